The molecule has 0 spiro atoms. The maximum atomic E-state index is 13.2. The van der Waals surface area contributed by atoms with Crippen molar-refractivity contribution in [2.24, 2.45) is 5.92 Å². The maximum Gasteiger partial charge on any atom is 0.472 e. The van der Waals surface area contributed by atoms with Gasteiger partial charge in [-0.05, 0) is 31.6 Å². The van der Waals surface area contributed by atoms with E-state index in [1.54, 1.807) is 0 Å². The largest absolute Gasteiger partial charge is 0.472 e. The average Bonchev–Trinajstić information content (AvgIpc) is 0.903. The standard InChI is InChI=1S/C89H174O17P2/c1-6-9-12-15-18-21-23-25-27-29-31-33-35-37-39-41-45-49-54-59-64-69-74-88(93)106-85(79-100-87(92)73-68-63-58-53-48-44-40-38-36-34-32-30-28-26-24-22-19-16-13-10-7-2)81-104-108(97,98)102-77-83(90)76-101-107(95,96)103-80-84(78-99-86(91)72-67-62-57-51-20-17-14-11-8-3)105-89(94)75-70-65-60-55-50-46-42-43-47-52-56-61-66-71-82(4)5/h82-85,90H,6-81H2,1-5H3,(H,95,96)(H,97,98)/t83-,84+,85+/m0/s1. The molecule has 0 saturated heterocycles. The summed E-state index contributed by atoms with van der Waals surface area (Å²) in [6, 6.07) is 0. The van der Waals surface area contributed by atoms with Gasteiger partial charge in [-0.3, -0.25) is 37.3 Å². The van der Waals surface area contributed by atoms with E-state index in [1.807, 2.05) is 0 Å². The molecule has 642 valence electrons. The molecule has 0 fully saturated rings. The van der Waals surface area contributed by atoms with E-state index in [2.05, 4.69) is 34.6 Å². The number of carbonyl (C=O) groups is 4. The Morgan fingerprint density at radius 1 is 0.250 bits per heavy atom. The van der Waals surface area contributed by atoms with Crippen LogP contribution in [0.2, 0.25) is 0 Å². The number of unbranched alkanes of at least 4 members (excludes halogenated alkanes) is 61. The SMILES string of the molecule is CCCCCCCCCCCCCCCCCCCCCCCCC(=O)O[C@H](COC(=O)CCCCCCCCCCCCCCCCCCCCCCC)COP(=O)(O)OC[C@@H](O)COP(=O)(O)OC[C@@H](COC(=O)CCCCCCCCCCC)OC(=O)CCCCCCCCCCCCCCCC(C)C. The van der Waals surface area contributed by atoms with Crippen LogP contribution in [-0.4, -0.2) is 96.7 Å². The van der Waals surface area contributed by atoms with Crippen LogP contribution >= 0.6 is 15.6 Å². The molecule has 0 aromatic carbocycles. The quantitative estimate of drug-likeness (QED) is 0.0222. The fourth-order valence-corrected chi connectivity index (χ4v) is 15.6. The first-order valence-corrected chi connectivity index (χ1v) is 49.1. The van der Waals surface area contributed by atoms with Crippen molar-refractivity contribution in [2.45, 2.75) is 502 Å². The number of phosphoric acid groups is 2. The van der Waals surface area contributed by atoms with Crippen molar-refractivity contribution in [1.82, 2.24) is 0 Å². The number of aliphatic hydroxyl groups excluding tert-OH is 1. The summed E-state index contributed by atoms with van der Waals surface area (Å²) < 4.78 is 68.9. The Hall–Kier alpha value is -1.94. The van der Waals surface area contributed by atoms with Gasteiger partial charge in [0.15, 0.2) is 12.2 Å². The van der Waals surface area contributed by atoms with Gasteiger partial charge < -0.3 is 33.8 Å². The predicted molar refractivity (Wildman–Crippen MR) is 446 cm³/mol. The Morgan fingerprint density at radius 3 is 0.630 bits per heavy atom. The van der Waals surface area contributed by atoms with E-state index in [1.165, 1.54) is 308 Å². The third-order valence-corrected chi connectivity index (χ3v) is 22.9. The molecule has 17 nitrogen and oxygen atoms in total. The highest BCUT2D eigenvalue weighted by Gasteiger charge is 2.30. The van der Waals surface area contributed by atoms with Gasteiger partial charge in [-0.15, -0.1) is 0 Å². The summed E-state index contributed by atoms with van der Waals surface area (Å²) in [4.78, 5) is 73.2. The number of esters is 4. The summed E-state index contributed by atoms with van der Waals surface area (Å²) in [5.74, 6) is -1.31. The van der Waals surface area contributed by atoms with Gasteiger partial charge in [0, 0.05) is 25.7 Å². The van der Waals surface area contributed by atoms with Gasteiger partial charge in [-0.1, -0.05) is 433 Å². The highest BCUT2D eigenvalue weighted by atomic mass is 31.2. The summed E-state index contributed by atoms with van der Waals surface area (Å²) in [6.07, 6.45) is 76.6. The van der Waals surface area contributed by atoms with Crippen molar-refractivity contribution < 1.29 is 80.2 Å². The van der Waals surface area contributed by atoms with Crippen LogP contribution in [0.3, 0.4) is 0 Å². The number of hydrogen-bond donors (Lipinski definition) is 3. The molecule has 0 bridgehead atoms. The van der Waals surface area contributed by atoms with Gasteiger partial charge >= 0.3 is 39.5 Å². The third kappa shape index (κ3) is 82.1. The first-order valence-electron chi connectivity index (χ1n) is 46.1. The lowest BCUT2D eigenvalue weighted by molar-refractivity contribution is -0.161. The molecule has 0 aromatic rings. The number of carbonyl (C=O) groups excluding carboxylic acids is 4. The van der Waals surface area contributed by atoms with Gasteiger partial charge in [0.25, 0.3) is 0 Å². The van der Waals surface area contributed by atoms with Crippen LogP contribution in [0.15, 0.2) is 0 Å². The molecular weight excluding hydrogens is 1400 g/mol. The number of phosphoric ester groups is 2. The van der Waals surface area contributed by atoms with E-state index in [0.717, 1.165) is 95.8 Å². The van der Waals surface area contributed by atoms with E-state index in [0.29, 0.717) is 25.7 Å². The minimum atomic E-state index is -4.97. The van der Waals surface area contributed by atoms with Crippen LogP contribution in [0, 0.1) is 5.92 Å². The van der Waals surface area contributed by atoms with E-state index >= 15 is 0 Å². The minimum absolute atomic E-state index is 0.108. The summed E-state index contributed by atoms with van der Waals surface area (Å²) >= 11 is 0. The average molecular weight is 1580 g/mol. The Balaban J connectivity index is 5.19. The van der Waals surface area contributed by atoms with Crippen molar-refractivity contribution in [2.75, 3.05) is 39.6 Å². The Morgan fingerprint density at radius 2 is 0.426 bits per heavy atom. The molecule has 0 rings (SSSR count). The molecule has 0 aliphatic rings. The maximum absolute atomic E-state index is 13.2. The summed E-state index contributed by atoms with van der Waals surface area (Å²) in [7, 11) is -9.93. The minimum Gasteiger partial charge on any atom is -0.462 e. The molecule has 0 aliphatic heterocycles. The van der Waals surface area contributed by atoms with E-state index < -0.39 is 97.5 Å². The summed E-state index contributed by atoms with van der Waals surface area (Å²) in [6.45, 7) is 7.37. The Labute approximate surface area is 664 Å². The number of ether oxygens (including phenoxy) is 4. The molecule has 0 saturated carbocycles. The zero-order chi connectivity index (χ0) is 79.0. The van der Waals surface area contributed by atoms with Crippen LogP contribution in [0.5, 0.6) is 0 Å². The van der Waals surface area contributed by atoms with Crippen molar-refractivity contribution >= 4 is 39.5 Å². The number of hydrogen-bond acceptors (Lipinski definition) is 15. The van der Waals surface area contributed by atoms with Crippen molar-refractivity contribution in [3.05, 3.63) is 0 Å². The molecule has 5 atom stereocenters. The van der Waals surface area contributed by atoms with Crippen LogP contribution in [0.25, 0.3) is 0 Å². The molecule has 0 radical (unpaired) electrons. The van der Waals surface area contributed by atoms with Gasteiger partial charge in [0.1, 0.15) is 19.3 Å². The predicted octanol–water partition coefficient (Wildman–Crippen LogP) is 27.5. The molecule has 3 N–H and O–H groups in total. The number of rotatable bonds is 89. The van der Waals surface area contributed by atoms with Crippen LogP contribution in [-0.2, 0) is 65.4 Å². The molecule has 19 heteroatoms. The van der Waals surface area contributed by atoms with E-state index in [4.69, 9.17) is 37.0 Å². The van der Waals surface area contributed by atoms with Gasteiger partial charge in [-0.2, -0.15) is 0 Å². The summed E-state index contributed by atoms with van der Waals surface area (Å²) in [5.41, 5.74) is 0. The van der Waals surface area contributed by atoms with Crippen LogP contribution < -0.4 is 0 Å². The fraction of sp³-hybridized carbons (Fsp3) is 0.955. The lowest BCUT2D eigenvalue weighted by Crippen LogP contribution is -2.30. The smallest absolute Gasteiger partial charge is 0.462 e. The Bertz CT molecular complexity index is 2050. The van der Waals surface area contributed by atoms with E-state index in [9.17, 15) is 43.2 Å². The van der Waals surface area contributed by atoms with Crippen molar-refractivity contribution in [1.29, 1.82) is 0 Å². The Kier molecular flexibility index (Phi) is 80.2. The first kappa shape index (κ1) is 106. The van der Waals surface area contributed by atoms with Gasteiger partial charge in [-0.25, -0.2) is 9.13 Å². The highest BCUT2D eigenvalue weighted by molar-refractivity contribution is 7.47. The molecule has 2 unspecified atom stereocenters. The van der Waals surface area contributed by atoms with Crippen LogP contribution in [0.1, 0.15) is 484 Å². The summed E-state index contributed by atoms with van der Waals surface area (Å²) in [5, 5.41) is 10.7. The second-order valence-corrected chi connectivity index (χ2v) is 35.4. The highest BCUT2D eigenvalue weighted by Crippen LogP contribution is 2.45. The topological polar surface area (TPSA) is 237 Å². The third-order valence-electron chi connectivity index (χ3n) is 21.0. The second-order valence-electron chi connectivity index (χ2n) is 32.5. The second kappa shape index (κ2) is 81.6. The van der Waals surface area contributed by atoms with Crippen LogP contribution in [0.4, 0.5) is 0 Å². The lowest BCUT2D eigenvalue weighted by atomic mass is 10.0. The number of aliphatic hydroxyl groups is 1. The van der Waals surface area contributed by atoms with Crippen molar-refractivity contribution in [3.8, 4) is 0 Å². The molecular formula is C89H174O17P2. The van der Waals surface area contributed by atoms with Gasteiger partial charge in [0.2, 0.25) is 0 Å². The lowest BCUT2D eigenvalue weighted by Gasteiger charge is -2.21. The normalized spacial score (nSPS) is 13.7. The van der Waals surface area contributed by atoms with Gasteiger partial charge in [0.05, 0.1) is 26.4 Å². The van der Waals surface area contributed by atoms with E-state index in [-0.39, 0.29) is 25.7 Å². The molecule has 0 aliphatic carbocycles. The first-order chi connectivity index (χ1) is 52.5. The monoisotopic (exact) mass is 1580 g/mol. The molecule has 108 heavy (non-hydrogen) atoms. The fourth-order valence-electron chi connectivity index (χ4n) is 14.0. The molecule has 0 heterocycles. The van der Waals surface area contributed by atoms with Crippen molar-refractivity contribution in [3.63, 3.8) is 0 Å². The molecule has 0 amide bonds. The molecule has 0 aromatic heterocycles. The zero-order valence-corrected chi connectivity index (χ0v) is 72.8. The zero-order valence-electron chi connectivity index (χ0n) is 71.0.